The van der Waals surface area contributed by atoms with Crippen LogP contribution in [0.4, 0.5) is 0 Å². The van der Waals surface area contributed by atoms with E-state index in [2.05, 4.69) is 5.32 Å². The normalized spacial score (nSPS) is 20.1. The van der Waals surface area contributed by atoms with Crippen LogP contribution in [0.15, 0.2) is 0 Å². The van der Waals surface area contributed by atoms with Crippen LogP contribution in [-0.2, 0) is 9.59 Å². The van der Waals surface area contributed by atoms with E-state index >= 15 is 0 Å². The first-order valence-corrected chi connectivity index (χ1v) is 6.90. The minimum Gasteiger partial charge on any atom is -0.332 e. The number of hydrogen-bond acceptors (Lipinski definition) is 3. The van der Waals surface area contributed by atoms with E-state index in [4.69, 9.17) is 0 Å². The Kier molecular flexibility index (Phi) is 4.22. The van der Waals surface area contributed by atoms with Gasteiger partial charge < -0.3 is 15.1 Å². The van der Waals surface area contributed by atoms with Gasteiger partial charge in [0.2, 0.25) is 0 Å². The number of nitrogens with zero attached hydrogens (tertiary/aromatic N) is 2. The molecule has 5 heteroatoms. The summed E-state index contributed by atoms with van der Waals surface area (Å²) >= 11 is 0. The molecule has 0 aromatic rings. The van der Waals surface area contributed by atoms with Crippen LogP contribution < -0.4 is 5.32 Å². The second-order valence-electron chi connectivity index (χ2n) is 5.54. The van der Waals surface area contributed by atoms with Crippen molar-refractivity contribution < 1.29 is 9.59 Å². The first-order valence-electron chi connectivity index (χ1n) is 6.90. The van der Waals surface area contributed by atoms with Crippen molar-refractivity contribution in [2.24, 2.45) is 5.92 Å². The third-order valence-corrected chi connectivity index (χ3v) is 3.62. The maximum Gasteiger partial charge on any atom is 0.312 e. The number of nitrogens with one attached hydrogen (secondary N) is 1. The molecule has 2 amide bonds. The average Bonchev–Trinajstić information content (AvgIpc) is 3.19. The van der Waals surface area contributed by atoms with Gasteiger partial charge in [0.25, 0.3) is 0 Å². The topological polar surface area (TPSA) is 52.7 Å². The predicted molar refractivity (Wildman–Crippen MR) is 69.0 cm³/mol. The second-order valence-corrected chi connectivity index (χ2v) is 5.54. The number of amides is 2. The summed E-state index contributed by atoms with van der Waals surface area (Å²) in [5, 5.41) is 3.18. The van der Waals surface area contributed by atoms with Crippen molar-refractivity contribution in [3.05, 3.63) is 0 Å². The molecule has 102 valence electrons. The van der Waals surface area contributed by atoms with Crippen LogP contribution >= 0.6 is 0 Å². The van der Waals surface area contributed by atoms with Crippen LogP contribution in [0, 0.1) is 5.92 Å². The summed E-state index contributed by atoms with van der Waals surface area (Å²) in [4.78, 5) is 27.8. The van der Waals surface area contributed by atoms with E-state index in [9.17, 15) is 9.59 Å². The van der Waals surface area contributed by atoms with E-state index in [-0.39, 0.29) is 17.9 Å². The Balaban J connectivity index is 1.95. The monoisotopic (exact) mass is 253 g/mol. The molecule has 1 N–H and O–H groups in total. The highest BCUT2D eigenvalue weighted by Gasteiger charge is 2.33. The Morgan fingerprint density at radius 1 is 1.28 bits per heavy atom. The maximum atomic E-state index is 12.3. The van der Waals surface area contributed by atoms with Crippen LogP contribution in [0.2, 0.25) is 0 Å². The van der Waals surface area contributed by atoms with Crippen molar-refractivity contribution in [2.75, 3.05) is 32.7 Å². The lowest BCUT2D eigenvalue weighted by atomic mass is 10.2. The van der Waals surface area contributed by atoms with Crippen molar-refractivity contribution in [1.82, 2.24) is 15.1 Å². The molecule has 0 atom stereocenters. The predicted octanol–water partition coefficient (Wildman–Crippen LogP) is 0.0652. The number of rotatable bonds is 3. The van der Waals surface area contributed by atoms with E-state index in [0.717, 1.165) is 19.6 Å². The Hall–Kier alpha value is -1.10. The molecule has 0 unspecified atom stereocenters. The highest BCUT2D eigenvalue weighted by molar-refractivity contribution is 6.35. The fraction of sp³-hybridized carbons (Fsp3) is 0.846. The van der Waals surface area contributed by atoms with Crippen molar-refractivity contribution in [3.8, 4) is 0 Å². The molecular formula is C13H23N3O2. The van der Waals surface area contributed by atoms with Crippen LogP contribution in [0.5, 0.6) is 0 Å². The third kappa shape index (κ3) is 3.22. The first kappa shape index (κ1) is 13.3. The van der Waals surface area contributed by atoms with Crippen molar-refractivity contribution in [1.29, 1.82) is 0 Å². The minimum absolute atomic E-state index is 0.102. The molecule has 1 saturated carbocycles. The highest BCUT2D eigenvalue weighted by atomic mass is 16.2. The summed E-state index contributed by atoms with van der Waals surface area (Å²) in [5.41, 5.74) is 0. The molecule has 0 radical (unpaired) electrons. The van der Waals surface area contributed by atoms with E-state index in [1.165, 1.54) is 12.8 Å². The molecule has 1 saturated heterocycles. The molecule has 1 aliphatic heterocycles. The summed E-state index contributed by atoms with van der Waals surface area (Å²) in [6, 6.07) is 0.102. The second kappa shape index (κ2) is 5.69. The molecule has 2 fully saturated rings. The number of carbonyl (C=O) groups excluding carboxylic acids is 2. The summed E-state index contributed by atoms with van der Waals surface area (Å²) in [6.07, 6.45) is 2.39. The van der Waals surface area contributed by atoms with Gasteiger partial charge in [-0.2, -0.15) is 0 Å². The largest absolute Gasteiger partial charge is 0.332 e. The number of carbonyl (C=O) groups is 2. The quantitative estimate of drug-likeness (QED) is 0.724. The lowest BCUT2D eigenvalue weighted by molar-refractivity contribution is -0.153. The fourth-order valence-corrected chi connectivity index (χ4v) is 2.23. The maximum absolute atomic E-state index is 12.3. The summed E-state index contributed by atoms with van der Waals surface area (Å²) in [5.74, 6) is -0.0307. The van der Waals surface area contributed by atoms with Crippen molar-refractivity contribution in [2.45, 2.75) is 32.7 Å². The molecular weight excluding hydrogens is 230 g/mol. The minimum atomic E-state index is -0.328. The molecule has 0 spiro atoms. The van der Waals surface area contributed by atoms with Gasteiger partial charge in [-0.3, -0.25) is 9.59 Å². The standard InChI is InChI=1S/C13H23N3O2/c1-10(2)16(9-11-3-4-11)13(18)12(17)15-7-5-14-6-8-15/h10-11,14H,3-9H2,1-2H3. The molecule has 2 aliphatic rings. The number of piperazine rings is 1. The van der Waals surface area contributed by atoms with E-state index in [0.29, 0.717) is 19.0 Å². The summed E-state index contributed by atoms with van der Waals surface area (Å²) < 4.78 is 0. The molecule has 0 aromatic heterocycles. The van der Waals surface area contributed by atoms with Crippen LogP contribution in [0.25, 0.3) is 0 Å². The zero-order valence-electron chi connectivity index (χ0n) is 11.3. The zero-order chi connectivity index (χ0) is 13.1. The lowest BCUT2D eigenvalue weighted by Crippen LogP contribution is -2.53. The van der Waals surface area contributed by atoms with Gasteiger partial charge >= 0.3 is 11.8 Å². The van der Waals surface area contributed by atoms with Gasteiger partial charge in [0.05, 0.1) is 0 Å². The van der Waals surface area contributed by atoms with Gasteiger partial charge in [0.1, 0.15) is 0 Å². The van der Waals surface area contributed by atoms with E-state index in [1.54, 1.807) is 9.80 Å². The van der Waals surface area contributed by atoms with E-state index in [1.807, 2.05) is 13.8 Å². The fourth-order valence-electron chi connectivity index (χ4n) is 2.23. The van der Waals surface area contributed by atoms with Gasteiger partial charge in [-0.25, -0.2) is 0 Å². The Morgan fingerprint density at radius 2 is 1.89 bits per heavy atom. The Bertz CT molecular complexity index is 320. The summed E-state index contributed by atoms with van der Waals surface area (Å²) in [6.45, 7) is 7.54. The van der Waals surface area contributed by atoms with Gasteiger partial charge in [0, 0.05) is 38.8 Å². The van der Waals surface area contributed by atoms with E-state index < -0.39 is 0 Å². The molecule has 5 nitrogen and oxygen atoms in total. The Labute approximate surface area is 108 Å². The Morgan fingerprint density at radius 3 is 2.39 bits per heavy atom. The van der Waals surface area contributed by atoms with Crippen molar-refractivity contribution in [3.63, 3.8) is 0 Å². The van der Waals surface area contributed by atoms with Crippen LogP contribution in [0.3, 0.4) is 0 Å². The zero-order valence-corrected chi connectivity index (χ0v) is 11.3. The summed E-state index contributed by atoms with van der Waals surface area (Å²) in [7, 11) is 0. The molecule has 1 aliphatic carbocycles. The van der Waals surface area contributed by atoms with Gasteiger partial charge in [-0.1, -0.05) is 0 Å². The SMILES string of the molecule is CC(C)N(CC1CC1)C(=O)C(=O)N1CCNCC1. The van der Waals surface area contributed by atoms with Gasteiger partial charge in [-0.05, 0) is 32.6 Å². The van der Waals surface area contributed by atoms with Crippen LogP contribution in [0.1, 0.15) is 26.7 Å². The van der Waals surface area contributed by atoms with Gasteiger partial charge in [0.15, 0.2) is 0 Å². The average molecular weight is 253 g/mol. The highest BCUT2D eigenvalue weighted by Crippen LogP contribution is 2.30. The first-order chi connectivity index (χ1) is 8.59. The van der Waals surface area contributed by atoms with Crippen LogP contribution in [-0.4, -0.2) is 60.4 Å². The van der Waals surface area contributed by atoms with Crippen molar-refractivity contribution >= 4 is 11.8 Å². The van der Waals surface area contributed by atoms with Gasteiger partial charge in [-0.15, -0.1) is 0 Å². The number of hydrogen-bond donors (Lipinski definition) is 1. The third-order valence-electron chi connectivity index (χ3n) is 3.62. The molecule has 18 heavy (non-hydrogen) atoms. The molecule has 0 aromatic carbocycles. The molecule has 0 bridgehead atoms. The molecule has 2 rings (SSSR count). The molecule has 1 heterocycles. The smallest absolute Gasteiger partial charge is 0.312 e. The lowest BCUT2D eigenvalue weighted by Gasteiger charge is -2.31.